The Hall–Kier alpha value is -3.10. The summed E-state index contributed by atoms with van der Waals surface area (Å²) in [7, 11) is 3.77. The van der Waals surface area contributed by atoms with Crippen LogP contribution < -0.4 is 21.3 Å². The molecule has 1 atom stereocenters. The van der Waals surface area contributed by atoms with E-state index in [-0.39, 0.29) is 11.6 Å². The zero-order valence-corrected chi connectivity index (χ0v) is 18.4. The molecule has 1 amide bonds. The van der Waals surface area contributed by atoms with E-state index in [1.165, 1.54) is 0 Å². The SMILES string of the molecule is C[C@H](C(N)=O)N(c1ccc(N(C)C)c(Cl)c1)c1nc(N)c(C(=O)c2ccccc2)s1. The molecular weight excluding hydrogens is 422 g/mol. The highest BCUT2D eigenvalue weighted by Gasteiger charge is 2.27. The van der Waals surface area contributed by atoms with Gasteiger partial charge < -0.3 is 21.3 Å². The molecule has 0 spiro atoms. The number of amides is 1. The number of hydrogen-bond donors (Lipinski definition) is 2. The molecule has 0 aliphatic heterocycles. The van der Waals surface area contributed by atoms with Gasteiger partial charge in [-0.2, -0.15) is 0 Å². The number of halogens is 1. The Balaban J connectivity index is 2.07. The fraction of sp³-hybridized carbons (Fsp3) is 0.190. The topological polar surface area (TPSA) is 106 Å². The van der Waals surface area contributed by atoms with Crippen LogP contribution in [0.25, 0.3) is 0 Å². The molecule has 4 N–H and O–H groups in total. The zero-order chi connectivity index (χ0) is 22.0. The van der Waals surface area contributed by atoms with Gasteiger partial charge in [-0.15, -0.1) is 0 Å². The number of anilines is 4. The van der Waals surface area contributed by atoms with Gasteiger partial charge in [-0.1, -0.05) is 53.3 Å². The van der Waals surface area contributed by atoms with E-state index in [0.717, 1.165) is 17.0 Å². The molecule has 1 aromatic heterocycles. The van der Waals surface area contributed by atoms with Crippen LogP contribution >= 0.6 is 22.9 Å². The lowest BCUT2D eigenvalue weighted by molar-refractivity contribution is -0.118. The third-order valence-corrected chi connectivity index (χ3v) is 5.95. The third kappa shape index (κ3) is 4.24. The van der Waals surface area contributed by atoms with Gasteiger partial charge in [-0.05, 0) is 25.1 Å². The number of hydrogen-bond acceptors (Lipinski definition) is 7. The molecule has 7 nitrogen and oxygen atoms in total. The second-order valence-electron chi connectivity index (χ2n) is 6.88. The predicted molar refractivity (Wildman–Crippen MR) is 123 cm³/mol. The number of carbonyl (C=O) groups excluding carboxylic acids is 2. The minimum atomic E-state index is -0.739. The maximum absolute atomic E-state index is 12.9. The summed E-state index contributed by atoms with van der Waals surface area (Å²) in [5.41, 5.74) is 13.6. The van der Waals surface area contributed by atoms with Crippen LogP contribution in [0.2, 0.25) is 5.02 Å². The Morgan fingerprint density at radius 3 is 2.37 bits per heavy atom. The van der Waals surface area contributed by atoms with E-state index < -0.39 is 11.9 Å². The van der Waals surface area contributed by atoms with Gasteiger partial charge in [0.05, 0.1) is 10.7 Å². The summed E-state index contributed by atoms with van der Waals surface area (Å²) < 4.78 is 0. The fourth-order valence-electron chi connectivity index (χ4n) is 2.94. The summed E-state index contributed by atoms with van der Waals surface area (Å²) in [4.78, 5) is 33.1. The molecule has 156 valence electrons. The summed E-state index contributed by atoms with van der Waals surface area (Å²) in [5.74, 6) is -0.682. The first-order valence-electron chi connectivity index (χ1n) is 9.12. The molecule has 0 saturated heterocycles. The number of aromatic nitrogens is 1. The molecule has 0 saturated carbocycles. The van der Waals surface area contributed by atoms with Crippen molar-refractivity contribution in [2.75, 3.05) is 29.6 Å². The van der Waals surface area contributed by atoms with Crippen LogP contribution in [-0.4, -0.2) is 36.8 Å². The van der Waals surface area contributed by atoms with Gasteiger partial charge in [0.25, 0.3) is 0 Å². The zero-order valence-electron chi connectivity index (χ0n) is 16.8. The second-order valence-corrected chi connectivity index (χ2v) is 8.27. The summed E-state index contributed by atoms with van der Waals surface area (Å²) in [6.45, 7) is 1.66. The van der Waals surface area contributed by atoms with Crippen LogP contribution in [0, 0.1) is 0 Å². The normalized spacial score (nSPS) is 11.7. The van der Waals surface area contributed by atoms with E-state index in [1.807, 2.05) is 37.2 Å². The monoisotopic (exact) mass is 443 g/mol. The van der Waals surface area contributed by atoms with Gasteiger partial charge >= 0.3 is 0 Å². The molecule has 0 fully saturated rings. The smallest absolute Gasteiger partial charge is 0.240 e. The number of ketones is 1. The molecule has 30 heavy (non-hydrogen) atoms. The van der Waals surface area contributed by atoms with Crippen molar-refractivity contribution in [2.45, 2.75) is 13.0 Å². The van der Waals surface area contributed by atoms with Crippen LogP contribution in [0.1, 0.15) is 22.2 Å². The number of nitrogens with two attached hydrogens (primary N) is 2. The van der Waals surface area contributed by atoms with Crippen LogP contribution in [0.15, 0.2) is 48.5 Å². The summed E-state index contributed by atoms with van der Waals surface area (Å²) >= 11 is 7.53. The van der Waals surface area contributed by atoms with Crippen molar-refractivity contribution in [3.63, 3.8) is 0 Å². The molecule has 2 aromatic carbocycles. The van der Waals surface area contributed by atoms with Gasteiger partial charge in [0.1, 0.15) is 16.7 Å². The van der Waals surface area contributed by atoms with Crippen molar-refractivity contribution in [3.05, 3.63) is 64.0 Å². The Kier molecular flexibility index (Phi) is 6.28. The van der Waals surface area contributed by atoms with Crippen molar-refractivity contribution in [2.24, 2.45) is 5.73 Å². The number of nitrogens with zero attached hydrogens (tertiary/aromatic N) is 3. The summed E-state index contributed by atoms with van der Waals surface area (Å²) in [5, 5.41) is 0.885. The van der Waals surface area contributed by atoms with Gasteiger partial charge in [0, 0.05) is 25.3 Å². The second kappa shape index (κ2) is 8.73. The number of benzene rings is 2. The van der Waals surface area contributed by atoms with Gasteiger partial charge in [-0.25, -0.2) is 4.98 Å². The van der Waals surface area contributed by atoms with Crippen LogP contribution in [0.5, 0.6) is 0 Å². The highest BCUT2D eigenvalue weighted by molar-refractivity contribution is 7.18. The molecule has 0 unspecified atom stereocenters. The number of primary amides is 1. The standard InChI is InChI=1S/C21H22ClN5O2S/c1-12(20(24)29)27(14-9-10-16(26(2)3)15(22)11-14)21-25-19(23)18(30-21)17(28)13-7-5-4-6-8-13/h4-12H,23H2,1-3H3,(H2,24,29)/t12-/m1/s1. The average Bonchev–Trinajstić information content (AvgIpc) is 3.09. The molecule has 3 aromatic rings. The van der Waals surface area contributed by atoms with Crippen molar-refractivity contribution in [1.82, 2.24) is 4.98 Å². The fourth-order valence-corrected chi connectivity index (χ4v) is 4.33. The predicted octanol–water partition coefficient (Wildman–Crippen LogP) is 3.69. The van der Waals surface area contributed by atoms with E-state index in [1.54, 1.807) is 42.2 Å². The lowest BCUT2D eigenvalue weighted by Crippen LogP contribution is -2.40. The van der Waals surface area contributed by atoms with E-state index in [2.05, 4.69) is 4.98 Å². The Morgan fingerprint density at radius 1 is 1.13 bits per heavy atom. The molecule has 3 rings (SSSR count). The Bertz CT molecular complexity index is 1080. The van der Waals surface area contributed by atoms with Crippen molar-refractivity contribution < 1.29 is 9.59 Å². The molecular formula is C21H22ClN5O2S. The van der Waals surface area contributed by atoms with Gasteiger partial charge in [-0.3, -0.25) is 9.59 Å². The first-order valence-corrected chi connectivity index (χ1v) is 10.3. The van der Waals surface area contributed by atoms with Gasteiger partial charge in [0.15, 0.2) is 5.13 Å². The van der Waals surface area contributed by atoms with E-state index in [9.17, 15) is 9.59 Å². The first kappa shape index (κ1) is 21.6. The van der Waals surface area contributed by atoms with E-state index in [4.69, 9.17) is 23.1 Å². The maximum Gasteiger partial charge on any atom is 0.240 e. The summed E-state index contributed by atoms with van der Waals surface area (Å²) in [6, 6.07) is 13.5. The van der Waals surface area contributed by atoms with Gasteiger partial charge in [0.2, 0.25) is 11.7 Å². The Labute approximate surface area is 183 Å². The third-order valence-electron chi connectivity index (χ3n) is 4.58. The number of thiazole rings is 1. The van der Waals surface area contributed by atoms with Crippen LogP contribution in [0.4, 0.5) is 22.3 Å². The summed E-state index contributed by atoms with van der Waals surface area (Å²) in [6.07, 6.45) is 0. The molecule has 9 heteroatoms. The maximum atomic E-state index is 12.9. The first-order chi connectivity index (χ1) is 14.2. The van der Waals surface area contributed by atoms with E-state index >= 15 is 0 Å². The van der Waals surface area contributed by atoms with Crippen LogP contribution in [0.3, 0.4) is 0 Å². The number of nitrogen functional groups attached to an aromatic ring is 1. The lowest BCUT2D eigenvalue weighted by atomic mass is 10.1. The lowest BCUT2D eigenvalue weighted by Gasteiger charge is -2.27. The average molecular weight is 444 g/mol. The van der Waals surface area contributed by atoms with Crippen molar-refractivity contribution in [3.8, 4) is 0 Å². The Morgan fingerprint density at radius 2 is 1.80 bits per heavy atom. The van der Waals surface area contributed by atoms with E-state index in [0.29, 0.717) is 26.3 Å². The minimum Gasteiger partial charge on any atom is -0.382 e. The van der Waals surface area contributed by atoms with Crippen molar-refractivity contribution >= 4 is 57.0 Å². The quantitative estimate of drug-likeness (QED) is 0.539. The molecule has 0 radical (unpaired) electrons. The van der Waals surface area contributed by atoms with Crippen molar-refractivity contribution in [1.29, 1.82) is 0 Å². The molecule has 1 heterocycles. The largest absolute Gasteiger partial charge is 0.382 e. The highest BCUT2D eigenvalue weighted by atomic mass is 35.5. The molecule has 0 bridgehead atoms. The highest BCUT2D eigenvalue weighted by Crippen LogP contribution is 2.38. The molecule has 0 aliphatic rings. The number of rotatable bonds is 7. The van der Waals surface area contributed by atoms with Crippen LogP contribution in [-0.2, 0) is 4.79 Å². The number of carbonyl (C=O) groups is 2. The molecule has 0 aliphatic carbocycles. The minimum absolute atomic E-state index is 0.0986.